The van der Waals surface area contributed by atoms with Gasteiger partial charge in [-0.1, -0.05) is 12.1 Å². The van der Waals surface area contributed by atoms with Crippen molar-refractivity contribution in [3.63, 3.8) is 0 Å². The molecular formula is C16H18N4O3. The summed E-state index contributed by atoms with van der Waals surface area (Å²) in [5, 5.41) is 14.6. The number of carbonyl (C=O) groups is 2. The number of nitrogens with zero attached hydrogens (tertiary/aromatic N) is 1. The zero-order valence-corrected chi connectivity index (χ0v) is 12.5. The highest BCUT2D eigenvalue weighted by atomic mass is 16.4. The lowest BCUT2D eigenvalue weighted by Gasteiger charge is -2.22. The molecule has 2 aromatic rings. The molecule has 1 aliphatic rings. The number of H-pyrrole nitrogens is 1. The van der Waals surface area contributed by atoms with Crippen molar-refractivity contribution in [1.29, 1.82) is 0 Å². The summed E-state index contributed by atoms with van der Waals surface area (Å²) in [6.45, 7) is 0.355. The fourth-order valence-electron chi connectivity index (χ4n) is 2.71. The maximum absolute atomic E-state index is 12.0. The maximum Gasteiger partial charge on any atom is 0.335 e. The average Bonchev–Trinajstić information content (AvgIpc) is 3.01. The number of urea groups is 1. The molecule has 7 nitrogen and oxygen atoms in total. The zero-order valence-electron chi connectivity index (χ0n) is 12.5. The molecule has 1 atom stereocenters. The van der Waals surface area contributed by atoms with Crippen LogP contribution < -0.4 is 10.6 Å². The van der Waals surface area contributed by atoms with Crippen molar-refractivity contribution in [2.45, 2.75) is 31.8 Å². The highest BCUT2D eigenvalue weighted by Gasteiger charge is 2.21. The SMILES string of the molecule is O=C(NCc1ccc(C(=O)O)cc1)NC1CCc2nc[nH]c2C1. The quantitative estimate of drug-likeness (QED) is 0.685. The van der Waals surface area contributed by atoms with Crippen LogP contribution in [0, 0.1) is 0 Å². The van der Waals surface area contributed by atoms with Crippen LogP contribution in [-0.4, -0.2) is 33.1 Å². The minimum Gasteiger partial charge on any atom is -0.478 e. The largest absolute Gasteiger partial charge is 0.478 e. The van der Waals surface area contributed by atoms with Gasteiger partial charge in [-0.25, -0.2) is 14.6 Å². The molecule has 0 saturated heterocycles. The van der Waals surface area contributed by atoms with Gasteiger partial charge in [-0.05, 0) is 30.5 Å². The Bertz CT molecular complexity index is 708. The second-order valence-electron chi connectivity index (χ2n) is 5.60. The number of imidazole rings is 1. The van der Waals surface area contributed by atoms with E-state index in [0.29, 0.717) is 6.54 Å². The van der Waals surface area contributed by atoms with Gasteiger partial charge in [-0.2, -0.15) is 0 Å². The number of amides is 2. The van der Waals surface area contributed by atoms with Crippen molar-refractivity contribution in [2.24, 2.45) is 0 Å². The Kier molecular flexibility index (Phi) is 4.27. The van der Waals surface area contributed by atoms with E-state index in [0.717, 1.165) is 36.2 Å². The van der Waals surface area contributed by atoms with Crippen molar-refractivity contribution < 1.29 is 14.7 Å². The number of hydrogen-bond donors (Lipinski definition) is 4. The minimum atomic E-state index is -0.960. The number of benzene rings is 1. The molecule has 1 heterocycles. The summed E-state index contributed by atoms with van der Waals surface area (Å²) in [4.78, 5) is 30.1. The molecular weight excluding hydrogens is 296 g/mol. The average molecular weight is 314 g/mol. The molecule has 4 N–H and O–H groups in total. The number of carboxylic acids is 1. The fraction of sp³-hybridized carbons (Fsp3) is 0.312. The molecule has 1 aromatic carbocycles. The molecule has 7 heteroatoms. The van der Waals surface area contributed by atoms with Crippen LogP contribution in [0.15, 0.2) is 30.6 Å². The summed E-state index contributed by atoms with van der Waals surface area (Å²) >= 11 is 0. The molecule has 1 aromatic heterocycles. The number of fused-ring (bicyclic) bond motifs is 1. The third-order valence-electron chi connectivity index (χ3n) is 3.98. The van der Waals surface area contributed by atoms with Crippen LogP contribution in [0.5, 0.6) is 0 Å². The summed E-state index contributed by atoms with van der Waals surface area (Å²) in [5.74, 6) is -0.960. The van der Waals surface area contributed by atoms with E-state index in [1.807, 2.05) is 0 Å². The van der Waals surface area contributed by atoms with Crippen molar-refractivity contribution in [3.8, 4) is 0 Å². The molecule has 120 valence electrons. The first-order valence-corrected chi connectivity index (χ1v) is 7.49. The van der Waals surface area contributed by atoms with E-state index in [-0.39, 0.29) is 17.6 Å². The van der Waals surface area contributed by atoms with Gasteiger partial charge in [0.1, 0.15) is 0 Å². The Balaban J connectivity index is 1.47. The van der Waals surface area contributed by atoms with Crippen LogP contribution in [0.1, 0.15) is 33.7 Å². The first-order chi connectivity index (χ1) is 11.1. The molecule has 0 fully saturated rings. The second kappa shape index (κ2) is 6.51. The number of aromatic carboxylic acids is 1. The van der Waals surface area contributed by atoms with Crippen molar-refractivity contribution in [3.05, 3.63) is 53.1 Å². The van der Waals surface area contributed by atoms with Crippen LogP contribution in [0.2, 0.25) is 0 Å². The van der Waals surface area contributed by atoms with E-state index in [4.69, 9.17) is 5.11 Å². The summed E-state index contributed by atoms with van der Waals surface area (Å²) < 4.78 is 0. The molecule has 1 aliphatic carbocycles. The van der Waals surface area contributed by atoms with E-state index in [1.54, 1.807) is 18.5 Å². The van der Waals surface area contributed by atoms with Gasteiger partial charge in [0.2, 0.25) is 0 Å². The number of carboxylic acid groups (broad SMARTS) is 1. The molecule has 0 spiro atoms. The van der Waals surface area contributed by atoms with Crippen molar-refractivity contribution in [1.82, 2.24) is 20.6 Å². The lowest BCUT2D eigenvalue weighted by Crippen LogP contribution is -2.44. The van der Waals surface area contributed by atoms with E-state index in [2.05, 4.69) is 20.6 Å². The topological polar surface area (TPSA) is 107 Å². The van der Waals surface area contributed by atoms with Gasteiger partial charge in [0.05, 0.1) is 17.6 Å². The molecule has 2 amide bonds. The fourth-order valence-corrected chi connectivity index (χ4v) is 2.71. The first kappa shape index (κ1) is 15.1. The van der Waals surface area contributed by atoms with Crippen LogP contribution in [0.4, 0.5) is 4.79 Å². The summed E-state index contributed by atoms with van der Waals surface area (Å²) in [6, 6.07) is 6.32. The first-order valence-electron chi connectivity index (χ1n) is 7.49. The number of carbonyl (C=O) groups excluding carboxylic acids is 1. The normalized spacial score (nSPS) is 16.4. The summed E-state index contributed by atoms with van der Waals surface area (Å²) in [6.07, 6.45) is 4.18. The molecule has 0 radical (unpaired) electrons. The lowest BCUT2D eigenvalue weighted by atomic mass is 9.96. The Morgan fingerprint density at radius 3 is 2.83 bits per heavy atom. The van der Waals surface area contributed by atoms with Gasteiger partial charge in [0.25, 0.3) is 0 Å². The second-order valence-corrected chi connectivity index (χ2v) is 5.60. The number of aromatic amines is 1. The van der Waals surface area contributed by atoms with Gasteiger partial charge in [0.15, 0.2) is 0 Å². The van der Waals surface area contributed by atoms with Gasteiger partial charge < -0.3 is 20.7 Å². The Hall–Kier alpha value is -2.83. The third kappa shape index (κ3) is 3.68. The monoisotopic (exact) mass is 314 g/mol. The van der Waals surface area contributed by atoms with Gasteiger partial charge >= 0.3 is 12.0 Å². The molecule has 3 rings (SSSR count). The number of aryl methyl sites for hydroxylation is 1. The predicted octanol–water partition coefficient (Wildman–Crippen LogP) is 1.46. The van der Waals surface area contributed by atoms with Crippen LogP contribution in [-0.2, 0) is 19.4 Å². The van der Waals surface area contributed by atoms with E-state index in [1.165, 1.54) is 12.1 Å². The number of aromatic nitrogens is 2. The number of rotatable bonds is 4. The summed E-state index contributed by atoms with van der Waals surface area (Å²) in [5.41, 5.74) is 3.26. The smallest absolute Gasteiger partial charge is 0.335 e. The number of nitrogens with one attached hydrogen (secondary N) is 3. The van der Waals surface area contributed by atoms with E-state index >= 15 is 0 Å². The van der Waals surface area contributed by atoms with Crippen molar-refractivity contribution in [2.75, 3.05) is 0 Å². The van der Waals surface area contributed by atoms with E-state index < -0.39 is 5.97 Å². The molecule has 0 bridgehead atoms. The maximum atomic E-state index is 12.0. The highest BCUT2D eigenvalue weighted by molar-refractivity contribution is 5.87. The molecule has 1 unspecified atom stereocenters. The molecule has 0 aliphatic heterocycles. The zero-order chi connectivity index (χ0) is 16.2. The standard InChI is InChI=1S/C16H18N4O3/c21-15(22)11-3-1-10(2-4-11)8-17-16(23)20-12-5-6-13-14(7-12)19-9-18-13/h1-4,9,12H,5-8H2,(H,18,19)(H,21,22)(H2,17,20,23). The van der Waals surface area contributed by atoms with Crippen LogP contribution >= 0.6 is 0 Å². The third-order valence-corrected chi connectivity index (χ3v) is 3.98. The Morgan fingerprint density at radius 2 is 2.09 bits per heavy atom. The van der Waals surface area contributed by atoms with Crippen LogP contribution in [0.25, 0.3) is 0 Å². The molecule has 0 saturated carbocycles. The molecule has 23 heavy (non-hydrogen) atoms. The predicted molar refractivity (Wildman–Crippen MR) is 83.2 cm³/mol. The van der Waals surface area contributed by atoms with Gasteiger partial charge in [-0.15, -0.1) is 0 Å². The van der Waals surface area contributed by atoms with E-state index in [9.17, 15) is 9.59 Å². The summed E-state index contributed by atoms with van der Waals surface area (Å²) in [7, 11) is 0. The lowest BCUT2D eigenvalue weighted by molar-refractivity contribution is 0.0697. The number of hydrogen-bond acceptors (Lipinski definition) is 3. The van der Waals surface area contributed by atoms with Crippen molar-refractivity contribution >= 4 is 12.0 Å². The van der Waals surface area contributed by atoms with Gasteiger partial charge in [0, 0.05) is 24.7 Å². The van der Waals surface area contributed by atoms with Gasteiger partial charge in [-0.3, -0.25) is 0 Å². The highest BCUT2D eigenvalue weighted by Crippen LogP contribution is 2.17. The van der Waals surface area contributed by atoms with Crippen LogP contribution in [0.3, 0.4) is 0 Å². The Labute approximate surface area is 133 Å². The minimum absolute atomic E-state index is 0.0948. The Morgan fingerprint density at radius 1 is 1.30 bits per heavy atom.